The molecule has 5 nitrogen and oxygen atoms in total. The number of hydrogen-bond acceptors (Lipinski definition) is 4. The molecule has 1 unspecified atom stereocenters. The zero-order valence-electron chi connectivity index (χ0n) is 9.74. The molecular formula is C12H16N4O. The van der Waals surface area contributed by atoms with Gasteiger partial charge in [-0.2, -0.15) is 0 Å². The fourth-order valence-corrected chi connectivity index (χ4v) is 1.58. The number of benzene rings is 1. The molecule has 0 radical (unpaired) electrons. The van der Waals surface area contributed by atoms with Crippen LogP contribution < -0.4 is 5.32 Å². The average Bonchev–Trinajstić information content (AvgIpc) is 2.76. The quantitative estimate of drug-likeness (QED) is 0.794. The van der Waals surface area contributed by atoms with Crippen LogP contribution in [-0.4, -0.2) is 26.4 Å². The van der Waals surface area contributed by atoms with E-state index in [4.69, 9.17) is 0 Å². The Bertz CT molecular complexity index is 455. The normalized spacial score (nSPS) is 12.6. The zero-order valence-corrected chi connectivity index (χ0v) is 9.74. The highest BCUT2D eigenvalue weighted by Gasteiger charge is 2.07. The van der Waals surface area contributed by atoms with Crippen molar-refractivity contribution in [3.05, 3.63) is 48.0 Å². The van der Waals surface area contributed by atoms with Gasteiger partial charge in [0.25, 0.3) is 0 Å². The third-order valence-corrected chi connectivity index (χ3v) is 2.61. The summed E-state index contributed by atoms with van der Waals surface area (Å²) in [5.74, 6) is 0.852. The summed E-state index contributed by atoms with van der Waals surface area (Å²) < 4.78 is 1.85. The van der Waals surface area contributed by atoms with Crippen LogP contribution >= 0.6 is 0 Å². The molecule has 0 saturated heterocycles. The highest BCUT2D eigenvalue weighted by atomic mass is 16.3. The van der Waals surface area contributed by atoms with Crippen LogP contribution in [0.5, 0.6) is 0 Å². The molecule has 2 N–H and O–H groups in total. The molecule has 1 aromatic heterocycles. The molecule has 0 bridgehead atoms. The average molecular weight is 232 g/mol. The van der Waals surface area contributed by atoms with Crippen LogP contribution in [0.1, 0.15) is 17.5 Å². The van der Waals surface area contributed by atoms with E-state index in [2.05, 4.69) is 15.5 Å². The van der Waals surface area contributed by atoms with E-state index in [-0.39, 0.29) is 0 Å². The minimum absolute atomic E-state index is 0.496. The summed E-state index contributed by atoms with van der Waals surface area (Å²) in [5, 5.41) is 20.8. The van der Waals surface area contributed by atoms with Gasteiger partial charge in [0, 0.05) is 13.6 Å². The summed E-state index contributed by atoms with van der Waals surface area (Å²) in [6.07, 6.45) is 1.16. The Morgan fingerprint density at radius 1 is 1.35 bits per heavy atom. The first kappa shape index (κ1) is 11.8. The van der Waals surface area contributed by atoms with E-state index in [0.717, 1.165) is 11.4 Å². The van der Waals surface area contributed by atoms with E-state index in [1.807, 2.05) is 41.9 Å². The van der Waals surface area contributed by atoms with Crippen molar-refractivity contribution in [3.63, 3.8) is 0 Å². The van der Waals surface area contributed by atoms with Gasteiger partial charge in [-0.05, 0) is 5.56 Å². The second kappa shape index (κ2) is 5.56. The van der Waals surface area contributed by atoms with Gasteiger partial charge >= 0.3 is 0 Å². The first-order chi connectivity index (χ1) is 8.27. The van der Waals surface area contributed by atoms with Crippen molar-refractivity contribution >= 4 is 0 Å². The summed E-state index contributed by atoms with van der Waals surface area (Å²) in [6, 6.07) is 9.59. The van der Waals surface area contributed by atoms with Gasteiger partial charge in [0.05, 0.1) is 12.6 Å². The number of nitrogens with zero attached hydrogens (tertiary/aromatic N) is 3. The Kier molecular flexibility index (Phi) is 3.85. The smallest absolute Gasteiger partial charge is 0.146 e. The first-order valence-corrected chi connectivity index (χ1v) is 5.54. The minimum Gasteiger partial charge on any atom is -0.387 e. The standard InChI is InChI=1S/C12H16N4O/c1-16-9-14-15-12(16)8-13-7-11(17)10-5-3-2-4-6-10/h2-6,9,11,13,17H,7-8H2,1H3. The SMILES string of the molecule is Cn1cnnc1CNCC(O)c1ccccc1. The van der Waals surface area contributed by atoms with E-state index in [9.17, 15) is 5.11 Å². The van der Waals surface area contributed by atoms with Crippen LogP contribution in [0, 0.1) is 0 Å². The van der Waals surface area contributed by atoms with Crippen molar-refractivity contribution < 1.29 is 5.11 Å². The van der Waals surface area contributed by atoms with E-state index >= 15 is 0 Å². The number of nitrogens with one attached hydrogen (secondary N) is 1. The molecule has 0 fully saturated rings. The van der Waals surface area contributed by atoms with Crippen LogP contribution in [0.4, 0.5) is 0 Å². The maximum absolute atomic E-state index is 9.91. The molecule has 1 atom stereocenters. The Hall–Kier alpha value is -1.72. The van der Waals surface area contributed by atoms with Gasteiger partial charge in [-0.15, -0.1) is 10.2 Å². The van der Waals surface area contributed by atoms with Crippen molar-refractivity contribution in [3.8, 4) is 0 Å². The molecule has 0 aliphatic heterocycles. The lowest BCUT2D eigenvalue weighted by Gasteiger charge is -2.11. The van der Waals surface area contributed by atoms with E-state index in [1.54, 1.807) is 6.33 Å². The van der Waals surface area contributed by atoms with Crippen molar-refractivity contribution in [2.45, 2.75) is 12.6 Å². The number of aryl methyl sites for hydroxylation is 1. The molecule has 5 heteroatoms. The van der Waals surface area contributed by atoms with Crippen LogP contribution in [0.2, 0.25) is 0 Å². The van der Waals surface area contributed by atoms with Gasteiger partial charge in [-0.1, -0.05) is 30.3 Å². The maximum Gasteiger partial charge on any atom is 0.146 e. The molecule has 1 aromatic carbocycles. The highest BCUT2D eigenvalue weighted by molar-refractivity contribution is 5.17. The van der Waals surface area contributed by atoms with Crippen LogP contribution in [0.15, 0.2) is 36.7 Å². The molecule has 90 valence electrons. The van der Waals surface area contributed by atoms with Gasteiger partial charge in [-0.25, -0.2) is 0 Å². The van der Waals surface area contributed by atoms with Gasteiger partial charge < -0.3 is 15.0 Å². The zero-order chi connectivity index (χ0) is 12.1. The van der Waals surface area contributed by atoms with Crippen molar-refractivity contribution in [2.75, 3.05) is 6.54 Å². The van der Waals surface area contributed by atoms with Gasteiger partial charge in [-0.3, -0.25) is 0 Å². The number of aromatic nitrogens is 3. The molecule has 0 amide bonds. The monoisotopic (exact) mass is 232 g/mol. The number of aliphatic hydroxyl groups is 1. The summed E-state index contributed by atoms with van der Waals surface area (Å²) in [4.78, 5) is 0. The molecule has 1 heterocycles. The van der Waals surface area contributed by atoms with Crippen molar-refractivity contribution in [1.29, 1.82) is 0 Å². The Balaban J connectivity index is 1.81. The fourth-order valence-electron chi connectivity index (χ4n) is 1.58. The highest BCUT2D eigenvalue weighted by Crippen LogP contribution is 2.10. The van der Waals surface area contributed by atoms with Gasteiger partial charge in [0.1, 0.15) is 12.2 Å². The van der Waals surface area contributed by atoms with Crippen molar-refractivity contribution in [1.82, 2.24) is 20.1 Å². The predicted molar refractivity (Wildman–Crippen MR) is 64.1 cm³/mol. The molecule has 17 heavy (non-hydrogen) atoms. The largest absolute Gasteiger partial charge is 0.387 e. The van der Waals surface area contributed by atoms with Gasteiger partial charge in [0.2, 0.25) is 0 Å². The third kappa shape index (κ3) is 3.12. The van der Waals surface area contributed by atoms with E-state index < -0.39 is 6.10 Å². The topological polar surface area (TPSA) is 63.0 Å². The molecule has 0 aliphatic carbocycles. The third-order valence-electron chi connectivity index (χ3n) is 2.61. The van der Waals surface area contributed by atoms with Crippen LogP contribution in [0.3, 0.4) is 0 Å². The lowest BCUT2D eigenvalue weighted by atomic mass is 10.1. The van der Waals surface area contributed by atoms with Crippen molar-refractivity contribution in [2.24, 2.45) is 7.05 Å². The molecule has 2 aromatic rings. The first-order valence-electron chi connectivity index (χ1n) is 5.54. The molecule has 0 aliphatic rings. The molecule has 0 spiro atoms. The second-order valence-electron chi connectivity index (χ2n) is 3.92. The Labute approximate surface area is 100 Å². The lowest BCUT2D eigenvalue weighted by molar-refractivity contribution is 0.174. The second-order valence-corrected chi connectivity index (χ2v) is 3.92. The van der Waals surface area contributed by atoms with Gasteiger partial charge in [0.15, 0.2) is 0 Å². The van der Waals surface area contributed by atoms with Crippen LogP contribution in [0.25, 0.3) is 0 Å². The minimum atomic E-state index is -0.496. The maximum atomic E-state index is 9.91. The number of aliphatic hydroxyl groups excluding tert-OH is 1. The summed E-state index contributed by atoms with van der Waals surface area (Å²) in [7, 11) is 1.89. The summed E-state index contributed by atoms with van der Waals surface area (Å²) >= 11 is 0. The summed E-state index contributed by atoms with van der Waals surface area (Å²) in [6.45, 7) is 1.09. The Morgan fingerprint density at radius 2 is 2.12 bits per heavy atom. The lowest BCUT2D eigenvalue weighted by Crippen LogP contribution is -2.22. The molecular weight excluding hydrogens is 216 g/mol. The number of rotatable bonds is 5. The Morgan fingerprint density at radius 3 is 2.76 bits per heavy atom. The number of hydrogen-bond donors (Lipinski definition) is 2. The summed E-state index contributed by atoms with van der Waals surface area (Å²) in [5.41, 5.74) is 0.915. The predicted octanol–water partition coefficient (Wildman–Crippen LogP) is 0.638. The molecule has 2 rings (SSSR count). The molecule has 0 saturated carbocycles. The van der Waals surface area contributed by atoms with E-state index in [1.165, 1.54) is 0 Å². The van der Waals surface area contributed by atoms with Crippen LogP contribution in [-0.2, 0) is 13.6 Å². The fraction of sp³-hybridized carbons (Fsp3) is 0.333. The van der Waals surface area contributed by atoms with E-state index in [0.29, 0.717) is 13.1 Å².